The van der Waals surface area contributed by atoms with Crippen molar-refractivity contribution < 1.29 is 13.2 Å². The van der Waals surface area contributed by atoms with E-state index in [2.05, 4.69) is 10.0 Å². The number of carbonyl (C=O) groups excluding carboxylic acids is 1. The molecule has 0 radical (unpaired) electrons. The molecule has 0 fully saturated rings. The SMILES string of the molecule is Cc1ccc(S(=O)(=O)N[C@H](CC(=O)Nc2c(C)cccc2C)c2ccccc2)cc1. The molecule has 2 N–H and O–H groups in total. The maximum absolute atomic E-state index is 12.9. The Morgan fingerprint density at radius 1 is 0.833 bits per heavy atom. The normalized spacial score (nSPS) is 12.4. The van der Waals surface area contributed by atoms with Crippen LogP contribution in [-0.2, 0) is 14.8 Å². The number of aryl methyl sites for hydroxylation is 3. The summed E-state index contributed by atoms with van der Waals surface area (Å²) in [6.45, 7) is 5.75. The standard InChI is InChI=1S/C24H26N2O3S/c1-17-12-14-21(15-13-17)30(28,29)26-22(20-10-5-4-6-11-20)16-23(27)25-24-18(2)8-7-9-19(24)3/h4-15,22,26H,16H2,1-3H3,(H,25,27)/t22-/m1/s1. The number of rotatable bonds is 7. The van der Waals surface area contributed by atoms with Crippen LogP contribution in [-0.4, -0.2) is 14.3 Å². The maximum Gasteiger partial charge on any atom is 0.241 e. The van der Waals surface area contributed by atoms with Gasteiger partial charge in [0, 0.05) is 12.1 Å². The Morgan fingerprint density at radius 2 is 1.43 bits per heavy atom. The van der Waals surface area contributed by atoms with Gasteiger partial charge < -0.3 is 5.32 Å². The summed E-state index contributed by atoms with van der Waals surface area (Å²) in [6.07, 6.45) is -0.0249. The first-order chi connectivity index (χ1) is 14.3. The van der Waals surface area contributed by atoms with Gasteiger partial charge in [-0.3, -0.25) is 4.79 Å². The smallest absolute Gasteiger partial charge is 0.241 e. The number of hydrogen-bond acceptors (Lipinski definition) is 3. The fourth-order valence-corrected chi connectivity index (χ4v) is 4.50. The minimum Gasteiger partial charge on any atom is -0.326 e. The lowest BCUT2D eigenvalue weighted by Crippen LogP contribution is -2.31. The van der Waals surface area contributed by atoms with Crippen molar-refractivity contribution in [2.24, 2.45) is 0 Å². The zero-order valence-electron chi connectivity index (χ0n) is 17.3. The van der Waals surface area contributed by atoms with E-state index in [1.165, 1.54) is 0 Å². The molecule has 3 aromatic rings. The Bertz CT molecular complexity index is 1100. The number of anilines is 1. The van der Waals surface area contributed by atoms with Crippen LogP contribution in [0, 0.1) is 20.8 Å². The zero-order valence-corrected chi connectivity index (χ0v) is 18.2. The largest absolute Gasteiger partial charge is 0.326 e. The van der Waals surface area contributed by atoms with Crippen LogP contribution in [0.5, 0.6) is 0 Å². The molecule has 0 aromatic heterocycles. The first-order valence-electron chi connectivity index (χ1n) is 9.76. The van der Waals surface area contributed by atoms with Crippen molar-refractivity contribution in [2.45, 2.75) is 38.1 Å². The fraction of sp³-hybridized carbons (Fsp3) is 0.208. The van der Waals surface area contributed by atoms with Gasteiger partial charge in [0.05, 0.1) is 10.9 Å². The molecule has 0 saturated heterocycles. The van der Waals surface area contributed by atoms with Crippen LogP contribution >= 0.6 is 0 Å². The Kier molecular flexibility index (Phi) is 6.70. The molecule has 0 unspecified atom stereocenters. The van der Waals surface area contributed by atoms with Crippen molar-refractivity contribution >= 4 is 21.6 Å². The minimum absolute atomic E-state index is 0.0249. The van der Waals surface area contributed by atoms with E-state index in [-0.39, 0.29) is 17.2 Å². The number of para-hydroxylation sites is 1. The average Bonchev–Trinajstić information content (AvgIpc) is 2.71. The molecule has 1 atom stereocenters. The number of amides is 1. The van der Waals surface area contributed by atoms with Crippen molar-refractivity contribution in [3.63, 3.8) is 0 Å². The van der Waals surface area contributed by atoms with Crippen LogP contribution in [0.4, 0.5) is 5.69 Å². The van der Waals surface area contributed by atoms with Gasteiger partial charge in [-0.25, -0.2) is 13.1 Å². The molecule has 6 heteroatoms. The van der Waals surface area contributed by atoms with Crippen molar-refractivity contribution in [1.29, 1.82) is 0 Å². The molecule has 30 heavy (non-hydrogen) atoms. The molecule has 0 spiro atoms. The predicted octanol–water partition coefficient (Wildman–Crippen LogP) is 4.66. The summed E-state index contributed by atoms with van der Waals surface area (Å²) in [4.78, 5) is 13.0. The number of carbonyl (C=O) groups is 1. The first-order valence-corrected chi connectivity index (χ1v) is 11.2. The van der Waals surface area contributed by atoms with Gasteiger partial charge in [-0.2, -0.15) is 0 Å². The van der Waals surface area contributed by atoms with Gasteiger partial charge in [0.2, 0.25) is 15.9 Å². The van der Waals surface area contributed by atoms with Crippen molar-refractivity contribution in [1.82, 2.24) is 4.72 Å². The maximum atomic E-state index is 12.9. The van der Waals surface area contributed by atoms with E-state index in [0.29, 0.717) is 0 Å². The second-order valence-electron chi connectivity index (χ2n) is 7.42. The summed E-state index contributed by atoms with van der Waals surface area (Å²) < 4.78 is 28.6. The van der Waals surface area contributed by atoms with E-state index in [1.54, 1.807) is 24.3 Å². The Labute approximate surface area is 178 Å². The highest BCUT2D eigenvalue weighted by Gasteiger charge is 2.24. The molecule has 0 saturated carbocycles. The van der Waals surface area contributed by atoms with Gasteiger partial charge in [0.25, 0.3) is 0 Å². The molecule has 0 aliphatic heterocycles. The molecule has 156 valence electrons. The molecular weight excluding hydrogens is 396 g/mol. The average molecular weight is 423 g/mol. The van der Waals surface area contributed by atoms with E-state index >= 15 is 0 Å². The monoisotopic (exact) mass is 422 g/mol. The molecular formula is C24H26N2O3S. The summed E-state index contributed by atoms with van der Waals surface area (Å²) in [5, 5.41) is 2.94. The summed E-state index contributed by atoms with van der Waals surface area (Å²) in [6, 6.07) is 20.9. The summed E-state index contributed by atoms with van der Waals surface area (Å²) in [7, 11) is -3.79. The Hall–Kier alpha value is -2.96. The van der Waals surface area contributed by atoms with Crippen LogP contribution in [0.15, 0.2) is 77.7 Å². The lowest BCUT2D eigenvalue weighted by atomic mass is 10.0. The third kappa shape index (κ3) is 5.34. The van der Waals surface area contributed by atoms with E-state index < -0.39 is 16.1 Å². The topological polar surface area (TPSA) is 75.3 Å². The second-order valence-corrected chi connectivity index (χ2v) is 9.13. The molecule has 3 aromatic carbocycles. The Balaban J connectivity index is 1.84. The number of hydrogen-bond donors (Lipinski definition) is 2. The Morgan fingerprint density at radius 3 is 2.03 bits per heavy atom. The highest BCUT2D eigenvalue weighted by Crippen LogP contribution is 2.24. The lowest BCUT2D eigenvalue weighted by molar-refractivity contribution is -0.116. The van der Waals surface area contributed by atoms with E-state index in [0.717, 1.165) is 27.9 Å². The minimum atomic E-state index is -3.79. The second kappa shape index (κ2) is 9.24. The van der Waals surface area contributed by atoms with E-state index in [1.807, 2.05) is 69.3 Å². The third-order valence-corrected chi connectivity index (χ3v) is 6.45. The molecule has 3 rings (SSSR count). The quantitative estimate of drug-likeness (QED) is 0.581. The highest BCUT2D eigenvalue weighted by molar-refractivity contribution is 7.89. The van der Waals surface area contributed by atoms with Crippen molar-refractivity contribution in [3.8, 4) is 0 Å². The molecule has 0 aliphatic carbocycles. The summed E-state index contributed by atoms with van der Waals surface area (Å²) in [5.41, 5.74) is 4.38. The highest BCUT2D eigenvalue weighted by atomic mass is 32.2. The van der Waals surface area contributed by atoms with Gasteiger partial charge in [-0.15, -0.1) is 0 Å². The van der Waals surface area contributed by atoms with Gasteiger partial charge in [0.1, 0.15) is 0 Å². The van der Waals surface area contributed by atoms with E-state index in [4.69, 9.17) is 0 Å². The third-order valence-electron chi connectivity index (χ3n) is 4.97. The van der Waals surface area contributed by atoms with Crippen molar-refractivity contribution in [2.75, 3.05) is 5.32 Å². The van der Waals surface area contributed by atoms with Gasteiger partial charge >= 0.3 is 0 Å². The van der Waals surface area contributed by atoms with Gasteiger partial charge in [0.15, 0.2) is 0 Å². The van der Waals surface area contributed by atoms with Crippen LogP contribution in [0.2, 0.25) is 0 Å². The number of benzene rings is 3. The fourth-order valence-electron chi connectivity index (χ4n) is 3.27. The number of sulfonamides is 1. The molecule has 0 heterocycles. The molecule has 1 amide bonds. The number of nitrogens with one attached hydrogen (secondary N) is 2. The zero-order chi connectivity index (χ0) is 21.7. The molecule has 5 nitrogen and oxygen atoms in total. The first kappa shape index (κ1) is 21.7. The lowest BCUT2D eigenvalue weighted by Gasteiger charge is -2.20. The molecule has 0 bridgehead atoms. The van der Waals surface area contributed by atoms with Gasteiger partial charge in [-0.1, -0.05) is 66.2 Å². The van der Waals surface area contributed by atoms with Crippen LogP contribution < -0.4 is 10.0 Å². The summed E-state index contributed by atoms with van der Waals surface area (Å²) in [5.74, 6) is -0.257. The van der Waals surface area contributed by atoms with Crippen LogP contribution in [0.25, 0.3) is 0 Å². The van der Waals surface area contributed by atoms with Crippen LogP contribution in [0.3, 0.4) is 0 Å². The predicted molar refractivity (Wildman–Crippen MR) is 120 cm³/mol. The van der Waals surface area contributed by atoms with Crippen LogP contribution in [0.1, 0.15) is 34.7 Å². The van der Waals surface area contributed by atoms with E-state index in [9.17, 15) is 13.2 Å². The van der Waals surface area contributed by atoms with Gasteiger partial charge in [-0.05, 0) is 49.6 Å². The van der Waals surface area contributed by atoms with Crippen molar-refractivity contribution in [3.05, 3.63) is 95.1 Å². The molecule has 0 aliphatic rings. The summed E-state index contributed by atoms with van der Waals surface area (Å²) >= 11 is 0.